The van der Waals surface area contributed by atoms with E-state index in [-0.39, 0.29) is 17.5 Å². The van der Waals surface area contributed by atoms with Gasteiger partial charge in [0.25, 0.3) is 11.5 Å². The number of fused-ring (bicyclic) bond motifs is 1. The molecule has 0 radical (unpaired) electrons. The van der Waals surface area contributed by atoms with Gasteiger partial charge >= 0.3 is 0 Å². The molecule has 0 bridgehead atoms. The lowest BCUT2D eigenvalue weighted by molar-refractivity contribution is 0.0938. The summed E-state index contributed by atoms with van der Waals surface area (Å²) in [5.74, 6) is 0.430. The van der Waals surface area contributed by atoms with Crippen molar-refractivity contribution < 1.29 is 4.79 Å². The van der Waals surface area contributed by atoms with E-state index in [0.29, 0.717) is 22.5 Å². The van der Waals surface area contributed by atoms with E-state index in [1.165, 1.54) is 4.68 Å². The lowest BCUT2D eigenvalue weighted by Gasteiger charge is -2.13. The van der Waals surface area contributed by atoms with E-state index in [2.05, 4.69) is 20.6 Å². The molecular formula is C21H20N6O2. The standard InChI is InChI=1S/C21H20N6O2/c1-13-17-6-4-5-7-18(17)21(29)27(25-13)16-10-8-15(9-11-16)20(28)23-14(2)19-24-22-12-26(19)3/h4-12,14H,1-3H3,(H,23,28). The van der Waals surface area contributed by atoms with E-state index in [4.69, 9.17) is 0 Å². The fourth-order valence-electron chi connectivity index (χ4n) is 3.31. The molecule has 4 aromatic rings. The molecule has 0 aliphatic heterocycles. The van der Waals surface area contributed by atoms with Crippen LogP contribution >= 0.6 is 0 Å². The molecule has 4 rings (SSSR count). The van der Waals surface area contributed by atoms with Crippen molar-refractivity contribution >= 4 is 16.7 Å². The highest BCUT2D eigenvalue weighted by Crippen LogP contribution is 2.15. The first-order valence-corrected chi connectivity index (χ1v) is 9.19. The van der Waals surface area contributed by atoms with Gasteiger partial charge in [0.15, 0.2) is 5.82 Å². The summed E-state index contributed by atoms with van der Waals surface area (Å²) in [7, 11) is 1.82. The average Bonchev–Trinajstić information content (AvgIpc) is 3.17. The van der Waals surface area contributed by atoms with Crippen molar-refractivity contribution in [3.8, 4) is 5.69 Å². The largest absolute Gasteiger partial charge is 0.342 e. The number of nitrogens with zero attached hydrogens (tertiary/aromatic N) is 5. The van der Waals surface area contributed by atoms with Gasteiger partial charge in [-0.15, -0.1) is 10.2 Å². The topological polar surface area (TPSA) is 94.7 Å². The van der Waals surface area contributed by atoms with Crippen LogP contribution in [-0.4, -0.2) is 30.5 Å². The minimum atomic E-state index is -0.290. The number of hydrogen-bond acceptors (Lipinski definition) is 5. The van der Waals surface area contributed by atoms with Crippen LogP contribution in [0.5, 0.6) is 0 Å². The van der Waals surface area contributed by atoms with E-state index in [0.717, 1.165) is 11.1 Å². The molecule has 1 atom stereocenters. The summed E-state index contributed by atoms with van der Waals surface area (Å²) < 4.78 is 3.12. The zero-order chi connectivity index (χ0) is 20.5. The number of benzene rings is 2. The summed E-state index contributed by atoms with van der Waals surface area (Å²) in [6.07, 6.45) is 1.59. The lowest BCUT2D eigenvalue weighted by Crippen LogP contribution is -2.28. The van der Waals surface area contributed by atoms with E-state index in [9.17, 15) is 9.59 Å². The van der Waals surface area contributed by atoms with Gasteiger partial charge in [-0.25, -0.2) is 0 Å². The fourth-order valence-corrected chi connectivity index (χ4v) is 3.31. The third-order valence-corrected chi connectivity index (χ3v) is 4.85. The van der Waals surface area contributed by atoms with Gasteiger partial charge in [-0.2, -0.15) is 9.78 Å². The zero-order valence-electron chi connectivity index (χ0n) is 16.3. The SMILES string of the molecule is Cc1nn(-c2ccc(C(=O)NC(C)c3nncn3C)cc2)c(=O)c2ccccc12. The van der Waals surface area contributed by atoms with Crippen molar-refractivity contribution in [2.24, 2.45) is 7.05 Å². The average molecular weight is 388 g/mol. The quantitative estimate of drug-likeness (QED) is 0.579. The first-order chi connectivity index (χ1) is 14.0. The van der Waals surface area contributed by atoms with Crippen LogP contribution < -0.4 is 10.9 Å². The van der Waals surface area contributed by atoms with Gasteiger partial charge in [0.2, 0.25) is 0 Å². The maximum atomic E-state index is 12.8. The lowest BCUT2D eigenvalue weighted by atomic mass is 10.1. The van der Waals surface area contributed by atoms with Crippen LogP contribution in [0.3, 0.4) is 0 Å². The van der Waals surface area contributed by atoms with Crippen LogP contribution in [0.2, 0.25) is 0 Å². The van der Waals surface area contributed by atoms with Gasteiger partial charge in [-0.3, -0.25) is 9.59 Å². The van der Waals surface area contributed by atoms with Crippen molar-refractivity contribution in [2.45, 2.75) is 19.9 Å². The fraction of sp³-hybridized carbons (Fsp3) is 0.190. The summed E-state index contributed by atoms with van der Waals surface area (Å²) in [5, 5.41) is 16.6. The second kappa shape index (κ2) is 7.31. The number of hydrogen-bond donors (Lipinski definition) is 1. The Balaban J connectivity index is 1.61. The molecule has 0 aliphatic carbocycles. The van der Waals surface area contributed by atoms with Gasteiger partial charge in [-0.05, 0) is 44.2 Å². The Labute approximate surface area is 166 Å². The molecule has 1 amide bonds. The molecule has 1 unspecified atom stereocenters. The van der Waals surface area contributed by atoms with E-state index in [1.54, 1.807) is 41.2 Å². The maximum absolute atomic E-state index is 12.8. The molecule has 0 saturated heterocycles. The minimum Gasteiger partial charge on any atom is -0.342 e. The Morgan fingerprint density at radius 3 is 2.41 bits per heavy atom. The van der Waals surface area contributed by atoms with E-state index in [1.807, 2.05) is 39.1 Å². The molecule has 2 aromatic heterocycles. The first-order valence-electron chi connectivity index (χ1n) is 9.19. The molecule has 8 nitrogen and oxygen atoms in total. The number of rotatable bonds is 4. The highest BCUT2D eigenvalue weighted by atomic mass is 16.1. The third-order valence-electron chi connectivity index (χ3n) is 4.85. The predicted molar refractivity (Wildman–Crippen MR) is 109 cm³/mol. The maximum Gasteiger partial charge on any atom is 0.279 e. The number of aromatic nitrogens is 5. The monoisotopic (exact) mass is 388 g/mol. The van der Waals surface area contributed by atoms with Crippen molar-refractivity contribution in [3.05, 3.63) is 82.3 Å². The number of aryl methyl sites for hydroxylation is 2. The molecule has 146 valence electrons. The Bertz CT molecular complexity index is 1260. The van der Waals surface area contributed by atoms with Crippen LogP contribution in [0.4, 0.5) is 0 Å². The number of carbonyl (C=O) groups excluding carboxylic acids is 1. The van der Waals surface area contributed by atoms with Gasteiger partial charge < -0.3 is 9.88 Å². The summed E-state index contributed by atoms with van der Waals surface area (Å²) >= 11 is 0. The summed E-state index contributed by atoms with van der Waals surface area (Å²) in [6, 6.07) is 13.9. The van der Waals surface area contributed by atoms with Gasteiger partial charge in [-0.1, -0.05) is 18.2 Å². The third kappa shape index (κ3) is 3.40. The Morgan fingerprint density at radius 1 is 1.07 bits per heavy atom. The van der Waals surface area contributed by atoms with Crippen molar-refractivity contribution in [1.29, 1.82) is 0 Å². The highest BCUT2D eigenvalue weighted by molar-refractivity contribution is 5.94. The number of nitrogens with one attached hydrogen (secondary N) is 1. The second-order valence-corrected chi connectivity index (χ2v) is 6.89. The molecule has 1 N–H and O–H groups in total. The summed E-state index contributed by atoms with van der Waals surface area (Å²) in [6.45, 7) is 3.71. The van der Waals surface area contributed by atoms with E-state index < -0.39 is 0 Å². The number of carbonyl (C=O) groups is 1. The highest BCUT2D eigenvalue weighted by Gasteiger charge is 2.16. The molecule has 0 spiro atoms. The van der Waals surface area contributed by atoms with Crippen LogP contribution in [0.1, 0.15) is 34.8 Å². The molecule has 2 heterocycles. The van der Waals surface area contributed by atoms with Crippen molar-refractivity contribution in [1.82, 2.24) is 29.9 Å². The molecular weight excluding hydrogens is 368 g/mol. The van der Waals surface area contributed by atoms with Gasteiger partial charge in [0, 0.05) is 18.0 Å². The zero-order valence-corrected chi connectivity index (χ0v) is 16.3. The van der Waals surface area contributed by atoms with Crippen LogP contribution in [0.15, 0.2) is 59.7 Å². The van der Waals surface area contributed by atoms with Gasteiger partial charge in [0.05, 0.1) is 22.8 Å². The summed E-state index contributed by atoms with van der Waals surface area (Å²) in [5.41, 5.74) is 1.65. The van der Waals surface area contributed by atoms with Crippen LogP contribution in [0, 0.1) is 6.92 Å². The molecule has 2 aromatic carbocycles. The number of amides is 1. The summed E-state index contributed by atoms with van der Waals surface area (Å²) in [4.78, 5) is 25.4. The molecule has 29 heavy (non-hydrogen) atoms. The minimum absolute atomic E-state index is 0.195. The second-order valence-electron chi connectivity index (χ2n) is 6.89. The normalized spacial score (nSPS) is 12.1. The molecule has 0 saturated carbocycles. The van der Waals surface area contributed by atoms with Crippen LogP contribution in [0.25, 0.3) is 16.5 Å². The molecule has 0 aliphatic rings. The van der Waals surface area contributed by atoms with Crippen molar-refractivity contribution in [2.75, 3.05) is 0 Å². The Morgan fingerprint density at radius 2 is 1.76 bits per heavy atom. The smallest absolute Gasteiger partial charge is 0.279 e. The molecule has 0 fully saturated rings. The van der Waals surface area contributed by atoms with Gasteiger partial charge in [0.1, 0.15) is 6.33 Å². The van der Waals surface area contributed by atoms with E-state index >= 15 is 0 Å². The Kier molecular flexibility index (Phi) is 4.67. The van der Waals surface area contributed by atoms with Crippen molar-refractivity contribution in [3.63, 3.8) is 0 Å². The molecule has 8 heteroatoms. The predicted octanol–water partition coefficient (Wildman–Crippen LogP) is 2.31. The Hall–Kier alpha value is -3.81. The van der Waals surface area contributed by atoms with Crippen LogP contribution in [-0.2, 0) is 7.05 Å². The first kappa shape index (κ1) is 18.5.